The molecule has 0 aliphatic carbocycles. The first kappa shape index (κ1) is 25.6. The summed E-state index contributed by atoms with van der Waals surface area (Å²) in [6.07, 6.45) is 0. The molecule has 0 aliphatic heterocycles. The largest absolute Gasteiger partial charge is 0.466 e. The first-order valence-corrected chi connectivity index (χ1v) is 8.48. The van der Waals surface area contributed by atoms with Gasteiger partial charge in [-0.25, -0.2) is 9.59 Å². The molecule has 1 rings (SSSR count). The van der Waals surface area contributed by atoms with Crippen LogP contribution in [0.15, 0.2) is 12.1 Å². The predicted octanol–water partition coefficient (Wildman–Crippen LogP) is 1.12. The number of benzene rings is 1. The number of carbonyl (C=O) groups is 2. The molecule has 0 radical (unpaired) electrons. The van der Waals surface area contributed by atoms with E-state index in [9.17, 15) is 9.59 Å². The maximum Gasteiger partial charge on any atom is 0.341 e. The van der Waals surface area contributed by atoms with Gasteiger partial charge in [-0.1, -0.05) is 0 Å². The highest BCUT2D eigenvalue weighted by atomic mass is 16.8. The van der Waals surface area contributed by atoms with Crippen molar-refractivity contribution in [1.82, 2.24) is 0 Å². The molecule has 0 aliphatic rings. The summed E-state index contributed by atoms with van der Waals surface area (Å²) in [4.78, 5) is 24.2. The maximum absolute atomic E-state index is 12.1. The van der Waals surface area contributed by atoms with Crippen molar-refractivity contribution in [1.29, 1.82) is 0 Å². The van der Waals surface area contributed by atoms with E-state index in [2.05, 4.69) is 0 Å². The monoisotopic (exact) mass is 434 g/mol. The number of hydrogen-bond acceptors (Lipinski definition) is 12. The van der Waals surface area contributed by atoms with Gasteiger partial charge in [0.1, 0.15) is 36.2 Å². The van der Waals surface area contributed by atoms with Gasteiger partial charge < -0.3 is 47.4 Å². The topological polar surface area (TPSA) is 126 Å². The Morgan fingerprint density at radius 3 is 1.37 bits per heavy atom. The molecule has 0 spiro atoms. The fourth-order valence-corrected chi connectivity index (χ4v) is 1.97. The van der Waals surface area contributed by atoms with Crippen LogP contribution in [0.5, 0.6) is 11.5 Å². The lowest BCUT2D eigenvalue weighted by molar-refractivity contribution is -0.145. The Kier molecular flexibility index (Phi) is 13.1. The van der Waals surface area contributed by atoms with Crippen LogP contribution in [-0.2, 0) is 37.9 Å². The third-order valence-corrected chi connectivity index (χ3v) is 3.22. The second kappa shape index (κ2) is 15.4. The van der Waals surface area contributed by atoms with Gasteiger partial charge in [0.2, 0.25) is 0 Å². The van der Waals surface area contributed by atoms with E-state index in [0.29, 0.717) is 0 Å². The summed E-state index contributed by atoms with van der Waals surface area (Å²) in [6.45, 7) is -0.612. The van der Waals surface area contributed by atoms with Gasteiger partial charge in [-0.2, -0.15) is 0 Å². The second-order valence-corrected chi connectivity index (χ2v) is 5.22. The van der Waals surface area contributed by atoms with E-state index >= 15 is 0 Å². The van der Waals surface area contributed by atoms with Crippen molar-refractivity contribution in [2.24, 2.45) is 0 Å². The Morgan fingerprint density at radius 2 is 1.00 bits per heavy atom. The summed E-state index contributed by atoms with van der Waals surface area (Å²) in [5, 5.41) is 0. The lowest BCUT2D eigenvalue weighted by atomic mass is 10.1. The van der Waals surface area contributed by atoms with Crippen molar-refractivity contribution in [3.63, 3.8) is 0 Å². The molecule has 1 aromatic carbocycles. The molecule has 0 heterocycles. The van der Waals surface area contributed by atoms with E-state index in [1.54, 1.807) is 0 Å². The first-order chi connectivity index (χ1) is 14.6. The molecule has 0 aromatic heterocycles. The van der Waals surface area contributed by atoms with Crippen LogP contribution < -0.4 is 9.47 Å². The van der Waals surface area contributed by atoms with E-state index in [-0.39, 0.29) is 63.4 Å². The van der Waals surface area contributed by atoms with Crippen molar-refractivity contribution in [3.8, 4) is 11.5 Å². The summed E-state index contributed by atoms with van der Waals surface area (Å²) in [6, 6.07) is 2.54. The van der Waals surface area contributed by atoms with Gasteiger partial charge in [-0.15, -0.1) is 0 Å². The van der Waals surface area contributed by atoms with Crippen molar-refractivity contribution in [2.75, 3.05) is 69.2 Å². The third kappa shape index (κ3) is 8.90. The van der Waals surface area contributed by atoms with Crippen LogP contribution in [0.3, 0.4) is 0 Å². The van der Waals surface area contributed by atoms with Gasteiger partial charge in [-0.3, -0.25) is 0 Å². The van der Waals surface area contributed by atoms with Crippen LogP contribution in [-0.4, -0.2) is 81.1 Å². The summed E-state index contributed by atoms with van der Waals surface area (Å²) < 4.78 is 50.0. The van der Waals surface area contributed by atoms with Crippen LogP contribution in [0.1, 0.15) is 20.7 Å². The fraction of sp³-hybridized carbons (Fsp3) is 0.556. The third-order valence-electron chi connectivity index (χ3n) is 3.22. The molecular formula is C18H26O12. The molecule has 1 aromatic rings. The van der Waals surface area contributed by atoms with Crippen molar-refractivity contribution in [3.05, 3.63) is 23.3 Å². The molecule has 0 unspecified atom stereocenters. The smallest absolute Gasteiger partial charge is 0.341 e. The number of hydrogen-bond donors (Lipinski definition) is 0. The fourth-order valence-electron chi connectivity index (χ4n) is 1.97. The molecule has 0 N–H and O–H groups in total. The first-order valence-electron chi connectivity index (χ1n) is 8.48. The molecule has 0 fully saturated rings. The minimum absolute atomic E-state index is 0.0315. The molecule has 0 atom stereocenters. The molecule has 0 saturated carbocycles. The zero-order chi connectivity index (χ0) is 22.2. The van der Waals surface area contributed by atoms with E-state index in [1.807, 2.05) is 0 Å². The molecule has 0 amide bonds. The average Bonchev–Trinajstić information content (AvgIpc) is 2.77. The average molecular weight is 434 g/mol. The lowest BCUT2D eigenvalue weighted by Crippen LogP contribution is -2.15. The maximum atomic E-state index is 12.1. The lowest BCUT2D eigenvalue weighted by Gasteiger charge is -2.16. The van der Waals surface area contributed by atoms with Crippen LogP contribution in [0, 0.1) is 0 Å². The summed E-state index contributed by atoms with van der Waals surface area (Å²) >= 11 is 0. The Labute approximate surface area is 173 Å². The van der Waals surface area contributed by atoms with Crippen molar-refractivity contribution in [2.45, 2.75) is 0 Å². The van der Waals surface area contributed by atoms with Gasteiger partial charge in [0.05, 0.1) is 14.2 Å². The van der Waals surface area contributed by atoms with Crippen molar-refractivity contribution >= 4 is 11.9 Å². The SMILES string of the molecule is COCOCOCOc1cc(OCOCOCOC)c(C(=O)OC)cc1C(=O)OC. The summed E-state index contributed by atoms with van der Waals surface area (Å²) in [5.41, 5.74) is -0.0630. The zero-order valence-electron chi connectivity index (χ0n) is 17.3. The van der Waals surface area contributed by atoms with Crippen LogP contribution in [0.4, 0.5) is 0 Å². The van der Waals surface area contributed by atoms with Gasteiger partial charge >= 0.3 is 11.9 Å². The Morgan fingerprint density at radius 1 is 0.600 bits per heavy atom. The summed E-state index contributed by atoms with van der Waals surface area (Å²) in [5.74, 6) is -1.37. The number of esters is 2. The van der Waals surface area contributed by atoms with Crippen LogP contribution >= 0.6 is 0 Å². The standard InChI is InChI=1S/C18H26O12/c1-21-7-25-9-27-11-29-15-6-16(30-12-28-10-26-8-22-2)14(18(20)24-4)5-13(15)17(19)23-3/h5-6H,7-12H2,1-4H3. The van der Waals surface area contributed by atoms with Crippen LogP contribution in [0.2, 0.25) is 0 Å². The highest BCUT2D eigenvalue weighted by Crippen LogP contribution is 2.31. The van der Waals surface area contributed by atoms with Gasteiger partial charge in [0.25, 0.3) is 0 Å². The Bertz CT molecular complexity index is 597. The molecule has 0 bridgehead atoms. The van der Waals surface area contributed by atoms with E-state index in [0.717, 1.165) is 0 Å². The minimum Gasteiger partial charge on any atom is -0.466 e. The normalized spacial score (nSPS) is 10.5. The number of ether oxygens (including phenoxy) is 10. The molecule has 12 heteroatoms. The molecule has 0 saturated heterocycles. The van der Waals surface area contributed by atoms with E-state index in [4.69, 9.17) is 47.4 Å². The second-order valence-electron chi connectivity index (χ2n) is 5.22. The Hall–Kier alpha value is -2.48. The molecule has 30 heavy (non-hydrogen) atoms. The quantitative estimate of drug-likeness (QED) is 0.210. The molecular weight excluding hydrogens is 408 g/mol. The predicted molar refractivity (Wildman–Crippen MR) is 97.9 cm³/mol. The number of rotatable bonds is 16. The number of methoxy groups -OCH3 is 4. The minimum atomic E-state index is -0.735. The molecule has 12 nitrogen and oxygen atoms in total. The highest BCUT2D eigenvalue weighted by Gasteiger charge is 2.23. The molecule has 170 valence electrons. The van der Waals surface area contributed by atoms with Gasteiger partial charge in [0.15, 0.2) is 27.2 Å². The van der Waals surface area contributed by atoms with Crippen LogP contribution in [0.25, 0.3) is 0 Å². The van der Waals surface area contributed by atoms with Gasteiger partial charge in [-0.05, 0) is 6.07 Å². The number of carbonyl (C=O) groups excluding carboxylic acids is 2. The summed E-state index contributed by atoms with van der Waals surface area (Å²) in [7, 11) is 5.32. The van der Waals surface area contributed by atoms with Gasteiger partial charge in [0, 0.05) is 20.3 Å². The van der Waals surface area contributed by atoms with E-state index in [1.165, 1.54) is 40.6 Å². The van der Waals surface area contributed by atoms with Crippen molar-refractivity contribution < 1.29 is 57.0 Å². The van der Waals surface area contributed by atoms with E-state index < -0.39 is 11.9 Å². The zero-order valence-corrected chi connectivity index (χ0v) is 17.3. The highest BCUT2D eigenvalue weighted by molar-refractivity contribution is 5.99. The Balaban J connectivity index is 2.93.